The lowest BCUT2D eigenvalue weighted by Crippen LogP contribution is -2.52. The highest BCUT2D eigenvalue weighted by atomic mass is 15.2. The number of nitrogens with two attached hydrogens (primary N) is 1. The summed E-state index contributed by atoms with van der Waals surface area (Å²) in [5.41, 5.74) is 6.52. The van der Waals surface area contributed by atoms with E-state index in [0.717, 1.165) is 19.0 Å². The van der Waals surface area contributed by atoms with Gasteiger partial charge in [-0.25, -0.2) is 0 Å². The van der Waals surface area contributed by atoms with E-state index >= 15 is 0 Å². The van der Waals surface area contributed by atoms with E-state index in [-0.39, 0.29) is 5.54 Å². The molecule has 1 saturated carbocycles. The van der Waals surface area contributed by atoms with Crippen LogP contribution in [0, 0.1) is 11.3 Å². The third-order valence-electron chi connectivity index (χ3n) is 3.50. The van der Waals surface area contributed by atoms with Crippen molar-refractivity contribution < 1.29 is 0 Å². The lowest BCUT2D eigenvalue weighted by atomic mass is 9.89. The zero-order valence-electron chi connectivity index (χ0n) is 11.1. The largest absolute Gasteiger partial charge is 0.329 e. The van der Waals surface area contributed by atoms with E-state index in [2.05, 4.69) is 39.6 Å². The van der Waals surface area contributed by atoms with Crippen molar-refractivity contribution in [2.24, 2.45) is 17.1 Å². The first-order valence-electron chi connectivity index (χ1n) is 6.18. The summed E-state index contributed by atoms with van der Waals surface area (Å²) >= 11 is 0. The van der Waals surface area contributed by atoms with Crippen LogP contribution in [0.15, 0.2) is 0 Å². The first-order chi connectivity index (χ1) is 6.77. The van der Waals surface area contributed by atoms with E-state index in [1.54, 1.807) is 0 Å². The maximum atomic E-state index is 5.96. The highest BCUT2D eigenvalue weighted by Gasteiger charge is 2.36. The number of likely N-dealkylation sites (N-methyl/N-ethyl adjacent to an activating group) is 1. The standard InChI is InChI=1S/C13H28N2/c1-12(2,3)10-15(5)13(4,9-14)8-11-6-7-11/h11H,6-10,14H2,1-5H3. The zero-order valence-corrected chi connectivity index (χ0v) is 11.1. The van der Waals surface area contributed by atoms with Gasteiger partial charge in [0, 0.05) is 18.6 Å². The molecule has 0 radical (unpaired) electrons. The number of rotatable bonds is 5. The molecule has 0 spiro atoms. The van der Waals surface area contributed by atoms with E-state index in [0.29, 0.717) is 5.41 Å². The molecule has 2 nitrogen and oxygen atoms in total. The van der Waals surface area contributed by atoms with Crippen LogP contribution in [0.2, 0.25) is 0 Å². The van der Waals surface area contributed by atoms with Crippen molar-refractivity contribution >= 4 is 0 Å². The van der Waals surface area contributed by atoms with Crippen molar-refractivity contribution in [2.75, 3.05) is 20.1 Å². The van der Waals surface area contributed by atoms with E-state index in [1.807, 2.05) is 0 Å². The van der Waals surface area contributed by atoms with Crippen molar-refractivity contribution in [3.63, 3.8) is 0 Å². The topological polar surface area (TPSA) is 29.3 Å². The molecule has 0 aromatic rings. The van der Waals surface area contributed by atoms with Gasteiger partial charge in [0.25, 0.3) is 0 Å². The second-order valence-corrected chi connectivity index (χ2v) is 6.77. The average molecular weight is 212 g/mol. The van der Waals surface area contributed by atoms with Gasteiger partial charge in [0.15, 0.2) is 0 Å². The van der Waals surface area contributed by atoms with Gasteiger partial charge in [-0.05, 0) is 31.7 Å². The lowest BCUT2D eigenvalue weighted by Gasteiger charge is -2.41. The van der Waals surface area contributed by atoms with Crippen LogP contribution in [0.5, 0.6) is 0 Å². The Morgan fingerprint density at radius 2 is 1.73 bits per heavy atom. The maximum absolute atomic E-state index is 5.96. The predicted octanol–water partition coefficient (Wildman–Crippen LogP) is 2.48. The molecule has 1 fully saturated rings. The molecular formula is C13H28N2. The van der Waals surface area contributed by atoms with E-state index in [4.69, 9.17) is 5.73 Å². The molecule has 2 N–H and O–H groups in total. The molecule has 1 aliphatic carbocycles. The predicted molar refractivity (Wildman–Crippen MR) is 66.9 cm³/mol. The van der Waals surface area contributed by atoms with Crippen LogP contribution >= 0.6 is 0 Å². The first kappa shape index (κ1) is 13.0. The smallest absolute Gasteiger partial charge is 0.0303 e. The molecule has 0 saturated heterocycles. The Hall–Kier alpha value is -0.0800. The quantitative estimate of drug-likeness (QED) is 0.758. The summed E-state index contributed by atoms with van der Waals surface area (Å²) in [6, 6.07) is 0. The Balaban J connectivity index is 2.54. The third kappa shape index (κ3) is 4.12. The van der Waals surface area contributed by atoms with Crippen molar-refractivity contribution in [2.45, 2.75) is 52.5 Å². The Morgan fingerprint density at radius 3 is 2.07 bits per heavy atom. The van der Waals surface area contributed by atoms with Crippen molar-refractivity contribution in [1.82, 2.24) is 4.90 Å². The SMILES string of the molecule is CN(CC(C)(C)C)C(C)(CN)CC1CC1. The van der Waals surface area contributed by atoms with Gasteiger partial charge < -0.3 is 5.73 Å². The fourth-order valence-corrected chi connectivity index (χ4v) is 2.24. The molecule has 90 valence electrons. The summed E-state index contributed by atoms with van der Waals surface area (Å²) in [6.45, 7) is 11.1. The minimum Gasteiger partial charge on any atom is -0.329 e. The van der Waals surface area contributed by atoms with Gasteiger partial charge in [-0.3, -0.25) is 4.90 Å². The van der Waals surface area contributed by atoms with Gasteiger partial charge in [-0.1, -0.05) is 33.6 Å². The fraction of sp³-hybridized carbons (Fsp3) is 1.00. The Bertz CT molecular complexity index is 203. The van der Waals surface area contributed by atoms with Crippen LogP contribution in [-0.2, 0) is 0 Å². The summed E-state index contributed by atoms with van der Waals surface area (Å²) in [5.74, 6) is 0.945. The summed E-state index contributed by atoms with van der Waals surface area (Å²) in [7, 11) is 2.22. The van der Waals surface area contributed by atoms with E-state index in [9.17, 15) is 0 Å². The molecule has 0 aromatic heterocycles. The number of nitrogens with zero attached hydrogens (tertiary/aromatic N) is 1. The van der Waals surface area contributed by atoms with Gasteiger partial charge in [0.1, 0.15) is 0 Å². The summed E-state index contributed by atoms with van der Waals surface area (Å²) in [6.07, 6.45) is 4.11. The molecule has 1 atom stereocenters. The van der Waals surface area contributed by atoms with Crippen LogP contribution in [0.1, 0.15) is 47.0 Å². The van der Waals surface area contributed by atoms with Gasteiger partial charge in [-0.2, -0.15) is 0 Å². The van der Waals surface area contributed by atoms with Crippen molar-refractivity contribution in [3.05, 3.63) is 0 Å². The maximum Gasteiger partial charge on any atom is 0.0303 e. The van der Waals surface area contributed by atoms with Crippen LogP contribution in [0.3, 0.4) is 0 Å². The Morgan fingerprint density at radius 1 is 1.20 bits per heavy atom. The molecule has 0 bridgehead atoms. The molecule has 1 rings (SSSR count). The third-order valence-corrected chi connectivity index (χ3v) is 3.50. The van der Waals surface area contributed by atoms with Gasteiger partial charge in [0.2, 0.25) is 0 Å². The molecule has 0 amide bonds. The lowest BCUT2D eigenvalue weighted by molar-refractivity contribution is 0.0882. The Kier molecular flexibility index (Phi) is 3.83. The Labute approximate surface area is 95.2 Å². The summed E-state index contributed by atoms with van der Waals surface area (Å²) < 4.78 is 0. The van der Waals surface area contributed by atoms with Gasteiger partial charge in [-0.15, -0.1) is 0 Å². The minimum absolute atomic E-state index is 0.203. The molecular weight excluding hydrogens is 184 g/mol. The molecule has 1 unspecified atom stereocenters. The minimum atomic E-state index is 0.203. The highest BCUT2D eigenvalue weighted by Crippen LogP contribution is 2.38. The highest BCUT2D eigenvalue weighted by molar-refractivity contribution is 4.92. The van der Waals surface area contributed by atoms with Gasteiger partial charge in [0.05, 0.1) is 0 Å². The average Bonchev–Trinajstić information content (AvgIpc) is 2.85. The summed E-state index contributed by atoms with van der Waals surface area (Å²) in [4.78, 5) is 2.46. The second kappa shape index (κ2) is 4.42. The van der Waals surface area contributed by atoms with Crippen molar-refractivity contribution in [3.8, 4) is 0 Å². The van der Waals surface area contributed by atoms with E-state index in [1.165, 1.54) is 19.3 Å². The molecule has 0 aromatic carbocycles. The van der Waals surface area contributed by atoms with Crippen LogP contribution in [0.25, 0.3) is 0 Å². The monoisotopic (exact) mass is 212 g/mol. The van der Waals surface area contributed by atoms with E-state index < -0.39 is 0 Å². The van der Waals surface area contributed by atoms with Crippen LogP contribution in [-0.4, -0.2) is 30.6 Å². The van der Waals surface area contributed by atoms with Gasteiger partial charge >= 0.3 is 0 Å². The first-order valence-corrected chi connectivity index (χ1v) is 6.18. The van der Waals surface area contributed by atoms with Crippen molar-refractivity contribution in [1.29, 1.82) is 0 Å². The molecule has 0 heterocycles. The molecule has 2 heteroatoms. The molecule has 1 aliphatic rings. The number of hydrogen-bond donors (Lipinski definition) is 1. The zero-order chi connectivity index (χ0) is 11.7. The summed E-state index contributed by atoms with van der Waals surface area (Å²) in [5, 5.41) is 0. The normalized spacial score (nSPS) is 21.8. The number of hydrogen-bond acceptors (Lipinski definition) is 2. The molecule has 15 heavy (non-hydrogen) atoms. The van der Waals surface area contributed by atoms with Crippen LogP contribution < -0.4 is 5.73 Å². The molecule has 0 aliphatic heterocycles. The fourth-order valence-electron chi connectivity index (χ4n) is 2.24. The second-order valence-electron chi connectivity index (χ2n) is 6.77. The van der Waals surface area contributed by atoms with Crippen LogP contribution in [0.4, 0.5) is 0 Å².